The first-order valence-electron chi connectivity index (χ1n) is 12.1. The van der Waals surface area contributed by atoms with Gasteiger partial charge in [-0.2, -0.15) is 0 Å². The second kappa shape index (κ2) is 10.4. The van der Waals surface area contributed by atoms with Crippen molar-refractivity contribution in [3.63, 3.8) is 0 Å². The lowest BCUT2D eigenvalue weighted by Crippen LogP contribution is -2.67. The Kier molecular flexibility index (Phi) is 7.55. The number of nitrogens with two attached hydrogens (primary N) is 1. The highest BCUT2D eigenvalue weighted by atomic mass is 35.5. The van der Waals surface area contributed by atoms with Crippen LogP contribution >= 0.6 is 11.6 Å². The van der Waals surface area contributed by atoms with Gasteiger partial charge in [0.05, 0.1) is 17.3 Å². The Balaban J connectivity index is 1.57. The highest BCUT2D eigenvalue weighted by molar-refractivity contribution is 6.99. The fraction of sp³-hybridized carbons (Fsp3) is 0.321. The number of hydrogen-bond donors (Lipinski definition) is 1. The summed E-state index contributed by atoms with van der Waals surface area (Å²) in [5.41, 5.74) is 7.13. The van der Waals surface area contributed by atoms with Crippen LogP contribution < -0.4 is 21.0 Å². The molecule has 1 aliphatic heterocycles. The van der Waals surface area contributed by atoms with Crippen molar-refractivity contribution in [3.8, 4) is 0 Å². The number of anilines is 2. The quantitative estimate of drug-likeness (QED) is 0.356. The highest BCUT2D eigenvalue weighted by Gasteiger charge is 2.50. The molecule has 7 heteroatoms. The molecule has 0 atom stereocenters. The van der Waals surface area contributed by atoms with Crippen LogP contribution in [0.3, 0.4) is 0 Å². The van der Waals surface area contributed by atoms with Crippen LogP contribution in [0.2, 0.25) is 10.1 Å². The molecule has 5 nitrogen and oxygen atoms in total. The Morgan fingerprint density at radius 2 is 1.54 bits per heavy atom. The van der Waals surface area contributed by atoms with Crippen LogP contribution in [-0.4, -0.2) is 45.5 Å². The zero-order valence-corrected chi connectivity index (χ0v) is 22.5. The first-order chi connectivity index (χ1) is 16.7. The van der Waals surface area contributed by atoms with Gasteiger partial charge in [0.15, 0.2) is 0 Å². The number of nitrogen functional groups attached to an aromatic ring is 1. The van der Waals surface area contributed by atoms with Gasteiger partial charge < -0.3 is 15.1 Å². The summed E-state index contributed by atoms with van der Waals surface area (Å²) in [7, 11) is -2.64. The normalized spacial score (nSPS) is 14.9. The van der Waals surface area contributed by atoms with E-state index < -0.39 is 8.32 Å². The molecule has 0 saturated carbocycles. The number of rotatable bonds is 7. The predicted octanol–water partition coefficient (Wildman–Crippen LogP) is 5.13. The maximum absolute atomic E-state index is 13.4. The second-order valence-corrected chi connectivity index (χ2v) is 14.7. The van der Waals surface area contributed by atoms with E-state index in [9.17, 15) is 4.79 Å². The smallest absolute Gasteiger partial charge is 0.324 e. The number of carbonyl (C=O) groups is 1. The Hall–Kier alpha value is -2.80. The van der Waals surface area contributed by atoms with E-state index >= 15 is 0 Å². The summed E-state index contributed by atoms with van der Waals surface area (Å²) in [6.07, 6.45) is 0.867. The van der Waals surface area contributed by atoms with Gasteiger partial charge in [0.1, 0.15) is 0 Å². The summed E-state index contributed by atoms with van der Waals surface area (Å²) >= 11 is 6.41. The molecule has 184 valence electrons. The van der Waals surface area contributed by atoms with Gasteiger partial charge in [0.25, 0.3) is 8.32 Å². The molecule has 0 aromatic heterocycles. The molecule has 0 unspecified atom stereocenters. The van der Waals surface area contributed by atoms with Crippen molar-refractivity contribution in [2.75, 3.05) is 36.9 Å². The standard InChI is InChI=1S/C28H34ClN3O2Si/c1-28(2,3)35(23-11-6-4-7-12-23,24-13-8-5-9-14-24)34-20-19-31-17-10-18-32(27(31)33)26-16-15-22(30)21-25(26)29/h4-9,11-16,21H,10,17-20,30H2,1-3H3. The lowest BCUT2D eigenvalue weighted by molar-refractivity contribution is 0.177. The molecule has 0 radical (unpaired) electrons. The Morgan fingerprint density at radius 3 is 2.09 bits per heavy atom. The number of amides is 2. The molecule has 1 saturated heterocycles. The van der Waals surface area contributed by atoms with Crippen molar-refractivity contribution >= 4 is 47.7 Å². The first-order valence-corrected chi connectivity index (χ1v) is 14.4. The summed E-state index contributed by atoms with van der Waals surface area (Å²) in [6, 6.07) is 26.4. The molecule has 1 aliphatic rings. The Morgan fingerprint density at radius 1 is 0.943 bits per heavy atom. The van der Waals surface area contributed by atoms with Gasteiger partial charge in [0.2, 0.25) is 0 Å². The van der Waals surface area contributed by atoms with E-state index in [1.807, 2.05) is 23.1 Å². The molecule has 0 aliphatic carbocycles. The van der Waals surface area contributed by atoms with Crippen LogP contribution in [0.4, 0.5) is 16.2 Å². The maximum Gasteiger partial charge on any atom is 0.324 e. The number of benzene rings is 3. The summed E-state index contributed by atoms with van der Waals surface area (Å²) < 4.78 is 6.98. The molecule has 35 heavy (non-hydrogen) atoms. The summed E-state index contributed by atoms with van der Waals surface area (Å²) in [5.74, 6) is 0. The Labute approximate surface area is 214 Å². The van der Waals surface area contributed by atoms with Gasteiger partial charge in [0, 0.05) is 25.3 Å². The van der Waals surface area contributed by atoms with Gasteiger partial charge in [-0.3, -0.25) is 4.90 Å². The third-order valence-corrected chi connectivity index (χ3v) is 12.0. The van der Waals surface area contributed by atoms with Crippen LogP contribution in [0.1, 0.15) is 27.2 Å². The predicted molar refractivity (Wildman–Crippen MR) is 148 cm³/mol. The minimum atomic E-state index is -2.64. The van der Waals surface area contributed by atoms with E-state index in [-0.39, 0.29) is 11.1 Å². The highest BCUT2D eigenvalue weighted by Crippen LogP contribution is 2.37. The van der Waals surface area contributed by atoms with Gasteiger partial charge in [-0.15, -0.1) is 0 Å². The molecule has 2 amide bonds. The van der Waals surface area contributed by atoms with Crippen molar-refractivity contribution in [2.24, 2.45) is 0 Å². The number of carbonyl (C=O) groups excluding carboxylic acids is 1. The van der Waals surface area contributed by atoms with Crippen LogP contribution in [-0.2, 0) is 4.43 Å². The second-order valence-electron chi connectivity index (χ2n) is 10.00. The SMILES string of the molecule is CC(C)(C)[Si](OCCN1CCCN(c2ccc(N)cc2Cl)C1=O)(c1ccccc1)c1ccccc1. The third-order valence-electron chi connectivity index (χ3n) is 6.67. The molecule has 3 aromatic carbocycles. The average Bonchev–Trinajstić information content (AvgIpc) is 2.84. The zero-order chi connectivity index (χ0) is 25.1. The summed E-state index contributed by atoms with van der Waals surface area (Å²) in [5, 5.41) is 2.85. The monoisotopic (exact) mass is 507 g/mol. The van der Waals surface area contributed by atoms with Crippen LogP contribution in [0.5, 0.6) is 0 Å². The molecule has 4 rings (SSSR count). The maximum atomic E-state index is 13.4. The van der Waals surface area contributed by atoms with E-state index in [1.165, 1.54) is 10.4 Å². The zero-order valence-electron chi connectivity index (χ0n) is 20.7. The number of nitrogens with zero attached hydrogens (tertiary/aromatic N) is 2. The van der Waals surface area contributed by atoms with Crippen molar-refractivity contribution in [3.05, 3.63) is 83.9 Å². The molecule has 3 aromatic rings. The summed E-state index contributed by atoms with van der Waals surface area (Å²) in [4.78, 5) is 17.0. The largest absolute Gasteiger partial charge is 0.406 e. The fourth-order valence-electron chi connectivity index (χ4n) is 5.03. The first kappa shape index (κ1) is 25.3. The van der Waals surface area contributed by atoms with Crippen molar-refractivity contribution in [1.29, 1.82) is 0 Å². The van der Waals surface area contributed by atoms with Gasteiger partial charge in [-0.1, -0.05) is 93.0 Å². The molecule has 1 heterocycles. The van der Waals surface area contributed by atoms with Gasteiger partial charge in [-0.25, -0.2) is 4.79 Å². The van der Waals surface area contributed by atoms with E-state index in [2.05, 4.69) is 69.3 Å². The molecule has 1 fully saturated rings. The van der Waals surface area contributed by atoms with Crippen molar-refractivity contribution in [1.82, 2.24) is 4.90 Å². The van der Waals surface area contributed by atoms with Crippen molar-refractivity contribution < 1.29 is 9.22 Å². The van der Waals surface area contributed by atoms with E-state index in [0.717, 1.165) is 6.42 Å². The van der Waals surface area contributed by atoms with Crippen LogP contribution in [0.25, 0.3) is 0 Å². The molecular formula is C28H34ClN3O2Si. The lowest BCUT2D eigenvalue weighted by atomic mass is 10.2. The molecular weight excluding hydrogens is 474 g/mol. The molecule has 2 N–H and O–H groups in total. The minimum absolute atomic E-state index is 0.0473. The van der Waals surface area contributed by atoms with Crippen LogP contribution in [0.15, 0.2) is 78.9 Å². The topological polar surface area (TPSA) is 58.8 Å². The van der Waals surface area contributed by atoms with E-state index in [1.54, 1.807) is 17.0 Å². The van der Waals surface area contributed by atoms with Gasteiger partial charge >= 0.3 is 6.03 Å². The molecule has 0 bridgehead atoms. The van der Waals surface area contributed by atoms with Crippen LogP contribution in [0, 0.1) is 0 Å². The van der Waals surface area contributed by atoms with E-state index in [0.29, 0.717) is 42.6 Å². The molecule has 0 spiro atoms. The average molecular weight is 508 g/mol. The third kappa shape index (κ3) is 5.10. The number of halogens is 1. The van der Waals surface area contributed by atoms with E-state index in [4.69, 9.17) is 21.8 Å². The van der Waals surface area contributed by atoms with Gasteiger partial charge in [-0.05, 0) is 40.0 Å². The summed E-state index contributed by atoms with van der Waals surface area (Å²) in [6.45, 7) is 9.09. The Bertz CT molecular complexity index is 1110. The number of hydrogen-bond acceptors (Lipinski definition) is 3. The number of urea groups is 1. The lowest BCUT2D eigenvalue weighted by Gasteiger charge is -2.43. The fourth-order valence-corrected chi connectivity index (χ4v) is 9.87. The minimum Gasteiger partial charge on any atom is -0.406 e. The van der Waals surface area contributed by atoms with Crippen molar-refractivity contribution in [2.45, 2.75) is 32.2 Å².